The van der Waals surface area contributed by atoms with E-state index in [2.05, 4.69) is 0 Å². The molecule has 90 valence electrons. The summed E-state index contributed by atoms with van der Waals surface area (Å²) in [6.45, 7) is 1.92. The van der Waals surface area contributed by atoms with E-state index in [0.29, 0.717) is 16.1 Å². The zero-order chi connectivity index (χ0) is 13.0. The number of halogens is 1. The predicted molar refractivity (Wildman–Crippen MR) is 76.0 cm³/mol. The average Bonchev–Trinajstić information content (AvgIpc) is 2.41. The minimum absolute atomic E-state index is 0.00815. The molecule has 2 heteroatoms. The van der Waals surface area contributed by atoms with Crippen LogP contribution >= 0.6 is 11.6 Å². The number of benzene rings is 2. The maximum Gasteiger partial charge on any atom is 0.193 e. The highest BCUT2D eigenvalue weighted by molar-refractivity contribution is 6.31. The number of carbonyl (C=O) groups is 1. The lowest BCUT2D eigenvalue weighted by atomic mass is 9.98. The van der Waals surface area contributed by atoms with Gasteiger partial charge in [0.2, 0.25) is 0 Å². The SMILES string of the molecule is CC=Cc1ccc(Cl)cc1C(=O)c1ccccc1. The first-order valence-corrected chi connectivity index (χ1v) is 6.12. The van der Waals surface area contributed by atoms with E-state index in [1.165, 1.54) is 0 Å². The Labute approximate surface area is 112 Å². The molecule has 1 nitrogen and oxygen atoms in total. The highest BCUT2D eigenvalue weighted by Crippen LogP contribution is 2.20. The van der Waals surface area contributed by atoms with Crippen molar-refractivity contribution < 1.29 is 4.79 Å². The van der Waals surface area contributed by atoms with Crippen molar-refractivity contribution in [2.75, 3.05) is 0 Å². The van der Waals surface area contributed by atoms with Gasteiger partial charge in [-0.05, 0) is 24.6 Å². The lowest BCUT2D eigenvalue weighted by molar-refractivity contribution is 0.103. The van der Waals surface area contributed by atoms with Gasteiger partial charge in [-0.25, -0.2) is 0 Å². The van der Waals surface area contributed by atoms with Gasteiger partial charge in [-0.3, -0.25) is 4.79 Å². The van der Waals surface area contributed by atoms with Crippen LogP contribution in [0.3, 0.4) is 0 Å². The van der Waals surface area contributed by atoms with E-state index in [1.54, 1.807) is 12.1 Å². The predicted octanol–water partition coefficient (Wildman–Crippen LogP) is 4.60. The van der Waals surface area contributed by atoms with Crippen molar-refractivity contribution in [2.24, 2.45) is 0 Å². The van der Waals surface area contributed by atoms with Crippen molar-refractivity contribution in [1.29, 1.82) is 0 Å². The smallest absolute Gasteiger partial charge is 0.193 e. The molecule has 2 rings (SSSR count). The van der Waals surface area contributed by atoms with E-state index >= 15 is 0 Å². The van der Waals surface area contributed by atoms with Gasteiger partial charge in [-0.1, -0.05) is 60.2 Å². The molecule has 0 unspecified atom stereocenters. The Morgan fingerprint density at radius 2 is 1.83 bits per heavy atom. The number of allylic oxidation sites excluding steroid dienone is 1. The maximum absolute atomic E-state index is 12.4. The van der Waals surface area contributed by atoms with Crippen LogP contribution in [0.2, 0.25) is 5.02 Å². The van der Waals surface area contributed by atoms with E-state index in [4.69, 9.17) is 11.6 Å². The molecular weight excluding hydrogens is 244 g/mol. The van der Waals surface area contributed by atoms with Gasteiger partial charge in [-0.15, -0.1) is 0 Å². The highest BCUT2D eigenvalue weighted by Gasteiger charge is 2.12. The lowest BCUT2D eigenvalue weighted by Gasteiger charge is -2.06. The number of rotatable bonds is 3. The molecule has 0 heterocycles. The van der Waals surface area contributed by atoms with Crippen molar-refractivity contribution in [3.63, 3.8) is 0 Å². The Kier molecular flexibility index (Phi) is 3.96. The summed E-state index contributed by atoms with van der Waals surface area (Å²) in [5, 5.41) is 0.572. The summed E-state index contributed by atoms with van der Waals surface area (Å²) in [5.41, 5.74) is 2.19. The zero-order valence-electron chi connectivity index (χ0n) is 10.1. The number of hydrogen-bond acceptors (Lipinski definition) is 1. The first-order valence-electron chi connectivity index (χ1n) is 5.74. The molecule has 0 saturated carbocycles. The van der Waals surface area contributed by atoms with Gasteiger partial charge in [0.15, 0.2) is 5.78 Å². The Morgan fingerprint density at radius 3 is 2.50 bits per heavy atom. The molecule has 0 amide bonds. The van der Waals surface area contributed by atoms with Crippen molar-refractivity contribution in [1.82, 2.24) is 0 Å². The fraction of sp³-hybridized carbons (Fsp3) is 0.0625. The summed E-state index contributed by atoms with van der Waals surface area (Å²) in [7, 11) is 0. The highest BCUT2D eigenvalue weighted by atomic mass is 35.5. The first-order chi connectivity index (χ1) is 8.72. The molecule has 0 aliphatic carbocycles. The molecule has 0 atom stereocenters. The van der Waals surface area contributed by atoms with Gasteiger partial charge in [0, 0.05) is 16.1 Å². The average molecular weight is 257 g/mol. The summed E-state index contributed by atoms with van der Waals surface area (Å²) in [5.74, 6) is -0.00815. The van der Waals surface area contributed by atoms with Crippen LogP contribution in [0.15, 0.2) is 54.6 Å². The van der Waals surface area contributed by atoms with Crippen LogP contribution in [0, 0.1) is 0 Å². The van der Waals surface area contributed by atoms with Crippen LogP contribution < -0.4 is 0 Å². The standard InChI is InChI=1S/C16H13ClO/c1-2-6-12-9-10-14(17)11-15(12)16(18)13-7-4-3-5-8-13/h2-11H,1H3. The van der Waals surface area contributed by atoms with Crippen LogP contribution in [-0.2, 0) is 0 Å². The molecule has 2 aromatic rings. The second kappa shape index (κ2) is 5.65. The first kappa shape index (κ1) is 12.6. The molecule has 0 fully saturated rings. The normalized spacial score (nSPS) is 10.8. The zero-order valence-corrected chi connectivity index (χ0v) is 10.8. The van der Waals surface area contributed by atoms with E-state index in [9.17, 15) is 4.79 Å². The molecule has 0 N–H and O–H groups in total. The third kappa shape index (κ3) is 2.69. The van der Waals surface area contributed by atoms with Gasteiger partial charge >= 0.3 is 0 Å². The summed E-state index contributed by atoms with van der Waals surface area (Å²) in [4.78, 5) is 12.4. The molecular formula is C16H13ClO. The van der Waals surface area contributed by atoms with Crippen LogP contribution in [0.1, 0.15) is 28.4 Å². The summed E-state index contributed by atoms with van der Waals surface area (Å²) >= 11 is 5.97. The summed E-state index contributed by atoms with van der Waals surface area (Å²) in [6, 6.07) is 14.6. The Balaban J connectivity index is 2.50. The Bertz CT molecular complexity index is 585. The third-order valence-electron chi connectivity index (χ3n) is 2.64. The Hall–Kier alpha value is -1.86. The largest absolute Gasteiger partial charge is 0.289 e. The monoisotopic (exact) mass is 256 g/mol. The van der Waals surface area contributed by atoms with Gasteiger partial charge in [0.1, 0.15) is 0 Å². The van der Waals surface area contributed by atoms with Crippen LogP contribution in [0.5, 0.6) is 0 Å². The molecule has 0 bridgehead atoms. The van der Waals surface area contributed by atoms with Gasteiger partial charge in [0.05, 0.1) is 0 Å². The minimum atomic E-state index is -0.00815. The minimum Gasteiger partial charge on any atom is -0.289 e. The fourth-order valence-corrected chi connectivity index (χ4v) is 1.97. The van der Waals surface area contributed by atoms with Gasteiger partial charge in [-0.2, -0.15) is 0 Å². The Morgan fingerprint density at radius 1 is 1.11 bits per heavy atom. The third-order valence-corrected chi connectivity index (χ3v) is 2.88. The van der Waals surface area contributed by atoms with Crippen LogP contribution in [-0.4, -0.2) is 5.78 Å². The molecule has 2 aromatic carbocycles. The molecule has 0 radical (unpaired) electrons. The van der Waals surface area contributed by atoms with Crippen molar-refractivity contribution in [3.8, 4) is 0 Å². The van der Waals surface area contributed by atoms with E-state index in [0.717, 1.165) is 5.56 Å². The fourth-order valence-electron chi connectivity index (χ4n) is 1.80. The van der Waals surface area contributed by atoms with Crippen molar-refractivity contribution in [2.45, 2.75) is 6.92 Å². The van der Waals surface area contributed by atoms with E-state index in [-0.39, 0.29) is 5.78 Å². The topological polar surface area (TPSA) is 17.1 Å². The maximum atomic E-state index is 12.4. The second-order valence-electron chi connectivity index (χ2n) is 3.93. The van der Waals surface area contributed by atoms with Crippen molar-refractivity contribution >= 4 is 23.5 Å². The molecule has 0 saturated heterocycles. The summed E-state index contributed by atoms with van der Waals surface area (Å²) < 4.78 is 0. The van der Waals surface area contributed by atoms with Gasteiger partial charge in [0.25, 0.3) is 0 Å². The second-order valence-corrected chi connectivity index (χ2v) is 4.36. The lowest BCUT2D eigenvalue weighted by Crippen LogP contribution is -2.03. The van der Waals surface area contributed by atoms with Crippen LogP contribution in [0.4, 0.5) is 0 Å². The number of carbonyl (C=O) groups excluding carboxylic acids is 1. The number of ketones is 1. The van der Waals surface area contributed by atoms with Crippen LogP contribution in [0.25, 0.3) is 6.08 Å². The van der Waals surface area contributed by atoms with Gasteiger partial charge < -0.3 is 0 Å². The molecule has 0 spiro atoms. The van der Waals surface area contributed by atoms with E-state index in [1.807, 2.05) is 55.5 Å². The molecule has 0 aliphatic heterocycles. The number of hydrogen-bond donors (Lipinski definition) is 0. The molecule has 18 heavy (non-hydrogen) atoms. The molecule has 0 aromatic heterocycles. The van der Waals surface area contributed by atoms with Crippen molar-refractivity contribution in [3.05, 3.63) is 76.3 Å². The molecule has 0 aliphatic rings. The quantitative estimate of drug-likeness (QED) is 0.734. The van der Waals surface area contributed by atoms with E-state index < -0.39 is 0 Å². The summed E-state index contributed by atoms with van der Waals surface area (Å²) in [6.07, 6.45) is 3.82.